The lowest BCUT2D eigenvalue weighted by molar-refractivity contribution is -0.136. The monoisotopic (exact) mass is 412 g/mol. The van der Waals surface area contributed by atoms with Crippen LogP contribution in [0, 0.1) is 5.82 Å². The van der Waals surface area contributed by atoms with Crippen molar-refractivity contribution in [3.63, 3.8) is 0 Å². The molecule has 2 heterocycles. The molecule has 1 aromatic rings. The summed E-state index contributed by atoms with van der Waals surface area (Å²) < 4.78 is 19.7. The largest absolute Gasteiger partial charge is 0.491 e. The summed E-state index contributed by atoms with van der Waals surface area (Å²) in [5.74, 6) is -1.68. The van der Waals surface area contributed by atoms with Crippen LogP contribution >= 0.6 is 15.9 Å². The van der Waals surface area contributed by atoms with Gasteiger partial charge in [-0.15, -0.1) is 0 Å². The van der Waals surface area contributed by atoms with Gasteiger partial charge in [0.2, 0.25) is 11.8 Å². The molecular formula is C17H18BrFN2O4. The number of nitrogens with zero attached hydrogens (tertiary/aromatic N) is 1. The van der Waals surface area contributed by atoms with Gasteiger partial charge in [-0.1, -0.05) is 15.9 Å². The van der Waals surface area contributed by atoms with Crippen LogP contribution in [0.4, 0.5) is 4.39 Å². The lowest BCUT2D eigenvalue weighted by Crippen LogP contribution is -2.52. The summed E-state index contributed by atoms with van der Waals surface area (Å²) in [5.41, 5.74) is 0.876. The summed E-state index contributed by atoms with van der Waals surface area (Å²) in [4.78, 5) is 37.2. The van der Waals surface area contributed by atoms with Gasteiger partial charge in [0.15, 0.2) is 11.6 Å². The van der Waals surface area contributed by atoms with Crippen molar-refractivity contribution in [2.75, 3.05) is 11.9 Å². The zero-order chi connectivity index (χ0) is 18.0. The second kappa shape index (κ2) is 7.51. The van der Waals surface area contributed by atoms with E-state index in [4.69, 9.17) is 4.74 Å². The fourth-order valence-corrected chi connectivity index (χ4v) is 3.45. The molecule has 6 nitrogen and oxygen atoms in total. The van der Waals surface area contributed by atoms with Gasteiger partial charge < -0.3 is 9.64 Å². The number of hydrogen-bond donors (Lipinski definition) is 1. The van der Waals surface area contributed by atoms with E-state index in [0.29, 0.717) is 12.2 Å². The Morgan fingerprint density at radius 2 is 2.08 bits per heavy atom. The molecule has 2 aliphatic rings. The summed E-state index contributed by atoms with van der Waals surface area (Å²) in [7, 11) is 0. The van der Waals surface area contributed by atoms with E-state index in [-0.39, 0.29) is 36.6 Å². The quantitative estimate of drug-likeness (QED) is 0.441. The van der Waals surface area contributed by atoms with E-state index < -0.39 is 23.7 Å². The van der Waals surface area contributed by atoms with Gasteiger partial charge in [0.25, 0.3) is 5.91 Å². The van der Waals surface area contributed by atoms with Crippen LogP contribution < -0.4 is 10.1 Å². The van der Waals surface area contributed by atoms with Crippen molar-refractivity contribution < 1.29 is 23.5 Å². The van der Waals surface area contributed by atoms with Crippen LogP contribution in [0.1, 0.15) is 41.6 Å². The number of halogens is 2. The van der Waals surface area contributed by atoms with Crippen molar-refractivity contribution in [1.29, 1.82) is 0 Å². The van der Waals surface area contributed by atoms with Gasteiger partial charge in [-0.25, -0.2) is 4.39 Å². The van der Waals surface area contributed by atoms with Gasteiger partial charge in [-0.2, -0.15) is 0 Å². The lowest BCUT2D eigenvalue weighted by Gasteiger charge is -2.29. The first-order valence-electron chi connectivity index (χ1n) is 8.17. The average molecular weight is 413 g/mol. The molecule has 3 rings (SSSR count). The standard InChI is InChI=1S/C17H18BrFN2O4/c18-5-1-2-6-25-14-7-10-9-21(17(24)11(10)8-12(14)19)13-3-4-15(22)20-16(13)23/h7-8,13H,1-6,9H2,(H,20,22,23). The zero-order valence-corrected chi connectivity index (χ0v) is 15.1. The number of carbonyl (C=O) groups excluding carboxylic acids is 3. The first-order chi connectivity index (χ1) is 12.0. The number of amides is 3. The summed E-state index contributed by atoms with van der Waals surface area (Å²) in [6.45, 7) is 0.602. The van der Waals surface area contributed by atoms with Crippen LogP contribution in [0.5, 0.6) is 5.75 Å². The molecule has 1 aromatic carbocycles. The molecule has 134 valence electrons. The molecule has 0 bridgehead atoms. The summed E-state index contributed by atoms with van der Waals surface area (Å²) >= 11 is 3.32. The van der Waals surface area contributed by atoms with Gasteiger partial charge in [0, 0.05) is 23.9 Å². The van der Waals surface area contributed by atoms with Crippen molar-refractivity contribution in [2.45, 2.75) is 38.3 Å². The third-order valence-electron chi connectivity index (χ3n) is 4.36. The highest BCUT2D eigenvalue weighted by atomic mass is 79.9. The van der Waals surface area contributed by atoms with Gasteiger partial charge >= 0.3 is 0 Å². The van der Waals surface area contributed by atoms with Gasteiger partial charge in [-0.05, 0) is 37.0 Å². The van der Waals surface area contributed by atoms with Crippen molar-refractivity contribution in [2.24, 2.45) is 0 Å². The molecule has 0 spiro atoms. The van der Waals surface area contributed by atoms with Crippen LogP contribution in [-0.2, 0) is 16.1 Å². The van der Waals surface area contributed by atoms with E-state index in [1.54, 1.807) is 0 Å². The molecule has 0 aromatic heterocycles. The molecule has 1 saturated heterocycles. The Morgan fingerprint density at radius 3 is 2.80 bits per heavy atom. The van der Waals surface area contributed by atoms with Crippen LogP contribution in [0.25, 0.3) is 0 Å². The number of alkyl halides is 1. The average Bonchev–Trinajstić information content (AvgIpc) is 2.88. The number of hydrogen-bond acceptors (Lipinski definition) is 4. The van der Waals surface area contributed by atoms with Crippen LogP contribution in [0.15, 0.2) is 12.1 Å². The second-order valence-corrected chi connectivity index (χ2v) is 6.88. The molecule has 3 amide bonds. The molecule has 0 radical (unpaired) electrons. The Morgan fingerprint density at radius 1 is 1.28 bits per heavy atom. The SMILES string of the molecule is O=C1CCC(N2Cc3cc(OCCCCBr)c(F)cc3C2=O)C(=O)N1. The van der Waals surface area contributed by atoms with Gasteiger partial charge in [0.05, 0.1) is 6.61 Å². The maximum absolute atomic E-state index is 14.2. The lowest BCUT2D eigenvalue weighted by atomic mass is 10.0. The van der Waals surface area contributed by atoms with E-state index in [9.17, 15) is 18.8 Å². The number of nitrogens with one attached hydrogen (secondary N) is 1. The highest BCUT2D eigenvalue weighted by molar-refractivity contribution is 9.09. The number of carbonyl (C=O) groups is 3. The fraction of sp³-hybridized carbons (Fsp3) is 0.471. The van der Waals surface area contributed by atoms with Crippen LogP contribution in [0.2, 0.25) is 0 Å². The molecule has 25 heavy (non-hydrogen) atoms. The highest BCUT2D eigenvalue weighted by Crippen LogP contribution is 2.32. The third-order valence-corrected chi connectivity index (χ3v) is 4.92. The Hall–Kier alpha value is -1.96. The van der Waals surface area contributed by atoms with E-state index in [1.165, 1.54) is 17.0 Å². The van der Waals surface area contributed by atoms with E-state index >= 15 is 0 Å². The maximum atomic E-state index is 14.2. The van der Waals surface area contributed by atoms with E-state index in [0.717, 1.165) is 18.2 Å². The number of piperidine rings is 1. The normalized spacial score (nSPS) is 19.8. The topological polar surface area (TPSA) is 75.7 Å². The molecule has 1 unspecified atom stereocenters. The minimum absolute atomic E-state index is 0.117. The van der Waals surface area contributed by atoms with Crippen molar-refractivity contribution >= 4 is 33.7 Å². The molecule has 0 saturated carbocycles. The first-order valence-corrected chi connectivity index (χ1v) is 9.29. The maximum Gasteiger partial charge on any atom is 0.255 e. The van der Waals surface area contributed by atoms with Crippen molar-refractivity contribution in [1.82, 2.24) is 10.2 Å². The third kappa shape index (κ3) is 3.68. The number of unbranched alkanes of at least 4 members (excludes halogenated alkanes) is 1. The van der Waals surface area contributed by atoms with E-state index in [2.05, 4.69) is 21.2 Å². The molecule has 2 aliphatic heterocycles. The van der Waals surface area contributed by atoms with Gasteiger partial charge in [0.1, 0.15) is 6.04 Å². The summed E-state index contributed by atoms with van der Waals surface area (Å²) in [6.07, 6.45) is 2.19. The second-order valence-electron chi connectivity index (χ2n) is 6.08. The molecule has 0 aliphatic carbocycles. The minimum Gasteiger partial charge on any atom is -0.491 e. The Balaban J connectivity index is 1.74. The van der Waals surface area contributed by atoms with Gasteiger partial charge in [-0.3, -0.25) is 19.7 Å². The summed E-state index contributed by atoms with van der Waals surface area (Å²) in [6, 6.07) is 2.00. The number of benzene rings is 1. The highest BCUT2D eigenvalue weighted by Gasteiger charge is 2.39. The first kappa shape index (κ1) is 17.8. The minimum atomic E-state index is -0.705. The Labute approximate surface area is 152 Å². The number of imide groups is 1. The Bertz CT molecular complexity index is 725. The molecule has 1 N–H and O–H groups in total. The van der Waals surface area contributed by atoms with Crippen LogP contribution in [0.3, 0.4) is 0 Å². The number of fused-ring (bicyclic) bond motifs is 1. The molecule has 1 fully saturated rings. The fourth-order valence-electron chi connectivity index (χ4n) is 3.06. The zero-order valence-electron chi connectivity index (χ0n) is 13.5. The molecular weight excluding hydrogens is 395 g/mol. The Kier molecular flexibility index (Phi) is 5.36. The predicted molar refractivity (Wildman–Crippen MR) is 91.0 cm³/mol. The van der Waals surface area contributed by atoms with E-state index in [1.807, 2.05) is 0 Å². The molecule has 8 heteroatoms. The molecule has 1 atom stereocenters. The smallest absolute Gasteiger partial charge is 0.255 e. The van der Waals surface area contributed by atoms with Crippen molar-refractivity contribution in [3.8, 4) is 5.75 Å². The van der Waals surface area contributed by atoms with Crippen LogP contribution in [-0.4, -0.2) is 40.6 Å². The predicted octanol–water partition coefficient (Wildman–Crippen LogP) is 2.14. The number of rotatable bonds is 6. The number of ether oxygens (including phenoxy) is 1. The van der Waals surface area contributed by atoms with Crippen molar-refractivity contribution in [3.05, 3.63) is 29.1 Å². The summed E-state index contributed by atoms with van der Waals surface area (Å²) in [5, 5.41) is 3.10.